The monoisotopic (exact) mass is 365 g/mol. The molecule has 0 amide bonds. The van der Waals surface area contributed by atoms with Crippen molar-refractivity contribution in [3.8, 4) is 0 Å². The van der Waals surface area contributed by atoms with Gasteiger partial charge in [0.1, 0.15) is 0 Å². The molecule has 4 radical (unpaired) electrons. The number of hydrogen-bond donors (Lipinski definition) is 0. The Hall–Kier alpha value is 0.469. The number of carbonyl (C=O) groups excluding carboxylic acids is 2. The summed E-state index contributed by atoms with van der Waals surface area (Å²) >= 11 is -1.15. The van der Waals surface area contributed by atoms with Crippen LogP contribution in [0.2, 0.25) is 0 Å². The van der Waals surface area contributed by atoms with E-state index in [2.05, 4.69) is 6.13 Å². The van der Waals surface area contributed by atoms with Gasteiger partial charge in [0.2, 0.25) is 0 Å². The Labute approximate surface area is 87.0 Å². The van der Waals surface area contributed by atoms with Gasteiger partial charge in [-0.2, -0.15) is 0 Å². The summed E-state index contributed by atoms with van der Waals surface area (Å²) in [4.78, 5) is 20.1. The van der Waals surface area contributed by atoms with Crippen molar-refractivity contribution < 1.29 is 37.8 Å². The average Bonchev–Trinajstić information content (AvgIpc) is 1.63. The molecular formula is C4H6IO4Sn-. The number of rotatable bonds is 2. The number of carbonyl (C=O) groups is 2. The SMILES string of the molecule is CC(=O)O[I-]OC(C)=O.[Sn]. The minimum absolute atomic E-state index is 0. The molecule has 0 aliphatic heterocycles. The van der Waals surface area contributed by atoms with E-state index in [-0.39, 0.29) is 23.9 Å². The van der Waals surface area contributed by atoms with Crippen molar-refractivity contribution in [3.05, 3.63) is 0 Å². The molecule has 0 N–H and O–H groups in total. The molecule has 0 aromatic heterocycles. The maximum atomic E-state index is 10.0. The molecule has 0 bridgehead atoms. The van der Waals surface area contributed by atoms with E-state index in [0.717, 1.165) is 0 Å². The molecular weight excluding hydrogens is 358 g/mol. The van der Waals surface area contributed by atoms with Gasteiger partial charge in [0.15, 0.2) is 0 Å². The molecule has 0 unspecified atom stereocenters. The summed E-state index contributed by atoms with van der Waals surface area (Å²) in [5, 5.41) is 0. The molecule has 0 aliphatic rings. The molecule has 0 aromatic carbocycles. The standard InChI is InChI=1S/C4H6IO4.Sn/c1-3(6)8-5-9-4(2)7;/h1-2H3;/q-1;. The number of hydrogen-bond acceptors (Lipinski definition) is 4. The Balaban J connectivity index is 0. The Morgan fingerprint density at radius 3 is 1.60 bits per heavy atom. The molecule has 0 aromatic rings. The van der Waals surface area contributed by atoms with Gasteiger partial charge in [-0.3, -0.25) is 0 Å². The van der Waals surface area contributed by atoms with Crippen molar-refractivity contribution in [1.29, 1.82) is 0 Å². The van der Waals surface area contributed by atoms with Crippen molar-refractivity contribution in [3.63, 3.8) is 0 Å². The van der Waals surface area contributed by atoms with Gasteiger partial charge < -0.3 is 0 Å². The van der Waals surface area contributed by atoms with Crippen LogP contribution in [0.4, 0.5) is 0 Å². The largest absolute Gasteiger partial charge is 0 e. The van der Waals surface area contributed by atoms with Gasteiger partial charge in [-0.25, -0.2) is 0 Å². The van der Waals surface area contributed by atoms with Crippen LogP contribution < -0.4 is 22.0 Å². The minimum atomic E-state index is -1.15. The summed E-state index contributed by atoms with van der Waals surface area (Å²) in [6.07, 6.45) is 0. The second-order valence-corrected chi connectivity index (χ2v) is 2.44. The van der Waals surface area contributed by atoms with Crippen LogP contribution in [0.3, 0.4) is 0 Å². The molecule has 0 atom stereocenters. The van der Waals surface area contributed by atoms with E-state index in [1.165, 1.54) is 13.8 Å². The van der Waals surface area contributed by atoms with Gasteiger partial charge >= 0.3 is 63.5 Å². The van der Waals surface area contributed by atoms with Crippen molar-refractivity contribution in [2.45, 2.75) is 13.8 Å². The fraction of sp³-hybridized carbons (Fsp3) is 0.500. The molecule has 0 heterocycles. The van der Waals surface area contributed by atoms with Crippen LogP contribution in [-0.2, 0) is 15.7 Å². The molecule has 0 rings (SSSR count). The minimum Gasteiger partial charge on any atom is 0 e. The Morgan fingerprint density at radius 2 is 1.40 bits per heavy atom. The maximum absolute atomic E-state index is 10.0. The first kappa shape index (κ1) is 13.1. The van der Waals surface area contributed by atoms with Crippen LogP contribution in [0.5, 0.6) is 0 Å². The Kier molecular flexibility index (Phi) is 9.91. The van der Waals surface area contributed by atoms with Crippen LogP contribution in [0, 0.1) is 0 Å². The first-order valence-corrected chi connectivity index (χ1v) is 3.89. The maximum Gasteiger partial charge on any atom is 0 e. The van der Waals surface area contributed by atoms with E-state index in [4.69, 9.17) is 0 Å². The molecule has 0 aliphatic carbocycles. The van der Waals surface area contributed by atoms with Gasteiger partial charge in [-0.15, -0.1) is 0 Å². The zero-order valence-electron chi connectivity index (χ0n) is 5.51. The molecule has 0 saturated heterocycles. The van der Waals surface area contributed by atoms with E-state index in [1.807, 2.05) is 0 Å². The second-order valence-electron chi connectivity index (χ2n) is 1.20. The van der Waals surface area contributed by atoms with E-state index in [9.17, 15) is 9.59 Å². The summed E-state index contributed by atoms with van der Waals surface area (Å²) in [5.74, 6) is -0.826. The van der Waals surface area contributed by atoms with E-state index < -0.39 is 34.0 Å². The van der Waals surface area contributed by atoms with E-state index in [1.54, 1.807) is 0 Å². The summed E-state index contributed by atoms with van der Waals surface area (Å²) < 4.78 is 8.76. The topological polar surface area (TPSA) is 52.6 Å². The van der Waals surface area contributed by atoms with Crippen molar-refractivity contribution >= 4 is 35.8 Å². The predicted molar refractivity (Wildman–Crippen MR) is 29.3 cm³/mol. The molecule has 0 saturated carbocycles. The van der Waals surface area contributed by atoms with Crippen LogP contribution in [-0.4, -0.2) is 35.8 Å². The van der Waals surface area contributed by atoms with Crippen molar-refractivity contribution in [2.24, 2.45) is 0 Å². The van der Waals surface area contributed by atoms with Crippen molar-refractivity contribution in [2.75, 3.05) is 0 Å². The average molecular weight is 364 g/mol. The van der Waals surface area contributed by atoms with E-state index >= 15 is 0 Å². The smallest absolute Gasteiger partial charge is 0 e. The molecule has 4 nitrogen and oxygen atoms in total. The summed E-state index contributed by atoms with van der Waals surface area (Å²) in [6, 6.07) is 0. The predicted octanol–water partition coefficient (Wildman–Crippen LogP) is -3.35. The van der Waals surface area contributed by atoms with Gasteiger partial charge in [0.05, 0.1) is 0 Å². The molecule has 6 heteroatoms. The van der Waals surface area contributed by atoms with Crippen LogP contribution in [0.15, 0.2) is 0 Å². The van der Waals surface area contributed by atoms with Gasteiger partial charge in [-0.05, 0) is 0 Å². The Bertz CT molecular complexity index is 112. The molecule has 0 fully saturated rings. The fourth-order valence-corrected chi connectivity index (χ4v) is 0.701. The second kappa shape index (κ2) is 7.57. The number of halogens is 1. The van der Waals surface area contributed by atoms with E-state index in [0.29, 0.717) is 0 Å². The molecule has 58 valence electrons. The van der Waals surface area contributed by atoms with Gasteiger partial charge in [0.25, 0.3) is 0 Å². The summed E-state index contributed by atoms with van der Waals surface area (Å²) in [7, 11) is 0. The van der Waals surface area contributed by atoms with Crippen LogP contribution >= 0.6 is 0 Å². The van der Waals surface area contributed by atoms with Gasteiger partial charge in [0, 0.05) is 23.9 Å². The third-order valence-electron chi connectivity index (χ3n) is 0.280. The zero-order chi connectivity index (χ0) is 7.28. The summed E-state index contributed by atoms with van der Waals surface area (Å²) in [6.45, 7) is 2.53. The molecule has 0 spiro atoms. The summed E-state index contributed by atoms with van der Waals surface area (Å²) in [5.41, 5.74) is 0. The zero-order valence-corrected chi connectivity index (χ0v) is 10.5. The third kappa shape index (κ3) is 11.3. The normalized spacial score (nSPS) is 7.80. The van der Waals surface area contributed by atoms with Crippen molar-refractivity contribution in [1.82, 2.24) is 0 Å². The fourth-order valence-electron chi connectivity index (χ4n) is 0.104. The van der Waals surface area contributed by atoms with Gasteiger partial charge in [-0.1, -0.05) is 0 Å². The first-order chi connectivity index (χ1) is 4.13. The quantitative estimate of drug-likeness (QED) is 0.380. The van der Waals surface area contributed by atoms with Crippen LogP contribution in [0.25, 0.3) is 0 Å². The first-order valence-electron chi connectivity index (χ1n) is 2.13. The Morgan fingerprint density at radius 1 is 1.10 bits per heavy atom. The third-order valence-corrected chi connectivity index (χ3v) is 1.88. The van der Waals surface area contributed by atoms with Crippen LogP contribution in [0.1, 0.15) is 13.8 Å². The molecule has 10 heavy (non-hydrogen) atoms.